The minimum Gasteiger partial charge on any atom is -0.298 e. The first-order valence-electron chi connectivity index (χ1n) is 6.48. The molecule has 3 rings (SSSR count). The standard InChI is InChI=1S/C16H13ClN2OS/c1-9-5-3-4-6-12(9)15(20)19-16-18-14-10(2)7-11(17)8-13(14)21-16/h3-8H,1-2H3,(H,18,19,20). The molecule has 0 spiro atoms. The Bertz CT molecular complexity index is 841. The molecule has 0 atom stereocenters. The molecule has 3 aromatic rings. The number of rotatable bonds is 2. The molecule has 1 aromatic heterocycles. The van der Waals surface area contributed by atoms with Crippen LogP contribution in [-0.2, 0) is 0 Å². The molecule has 0 saturated carbocycles. The Kier molecular flexibility index (Phi) is 3.66. The Morgan fingerprint density at radius 1 is 1.19 bits per heavy atom. The van der Waals surface area contributed by atoms with E-state index in [4.69, 9.17) is 11.6 Å². The van der Waals surface area contributed by atoms with Crippen LogP contribution < -0.4 is 5.32 Å². The number of thiazole rings is 1. The Balaban J connectivity index is 1.94. The molecule has 0 aliphatic carbocycles. The number of amides is 1. The molecule has 0 unspecified atom stereocenters. The zero-order chi connectivity index (χ0) is 15.0. The Morgan fingerprint density at radius 3 is 2.71 bits per heavy atom. The number of anilines is 1. The van der Waals surface area contributed by atoms with Crippen molar-refractivity contribution in [3.8, 4) is 0 Å². The Hall–Kier alpha value is -1.91. The smallest absolute Gasteiger partial charge is 0.257 e. The molecule has 1 N–H and O–H groups in total. The lowest BCUT2D eigenvalue weighted by atomic mass is 10.1. The van der Waals surface area contributed by atoms with E-state index in [-0.39, 0.29) is 5.91 Å². The first kappa shape index (κ1) is 14.0. The van der Waals surface area contributed by atoms with Crippen molar-refractivity contribution in [3.63, 3.8) is 0 Å². The fraction of sp³-hybridized carbons (Fsp3) is 0.125. The Morgan fingerprint density at radius 2 is 1.95 bits per heavy atom. The maximum atomic E-state index is 12.3. The molecule has 3 nitrogen and oxygen atoms in total. The van der Waals surface area contributed by atoms with E-state index >= 15 is 0 Å². The van der Waals surface area contributed by atoms with Crippen LogP contribution in [0.15, 0.2) is 36.4 Å². The quantitative estimate of drug-likeness (QED) is 0.736. The molecule has 0 fully saturated rings. The average Bonchev–Trinajstić information content (AvgIpc) is 2.81. The third-order valence-electron chi connectivity index (χ3n) is 3.26. The van der Waals surface area contributed by atoms with Crippen LogP contribution in [0.4, 0.5) is 5.13 Å². The van der Waals surface area contributed by atoms with Crippen LogP contribution in [0.2, 0.25) is 5.02 Å². The van der Waals surface area contributed by atoms with Gasteiger partial charge < -0.3 is 0 Å². The van der Waals surface area contributed by atoms with Gasteiger partial charge in [0, 0.05) is 10.6 Å². The summed E-state index contributed by atoms with van der Waals surface area (Å²) in [6.07, 6.45) is 0. The first-order chi connectivity index (χ1) is 10.0. The Labute approximate surface area is 131 Å². The van der Waals surface area contributed by atoms with Crippen molar-refractivity contribution >= 4 is 44.2 Å². The summed E-state index contributed by atoms with van der Waals surface area (Å²) in [5.74, 6) is -0.143. The van der Waals surface area contributed by atoms with Crippen LogP contribution in [-0.4, -0.2) is 10.9 Å². The molecule has 0 radical (unpaired) electrons. The predicted octanol–water partition coefficient (Wildman–Crippen LogP) is 4.82. The number of nitrogens with one attached hydrogen (secondary N) is 1. The van der Waals surface area contributed by atoms with Crippen molar-refractivity contribution in [2.75, 3.05) is 5.32 Å². The summed E-state index contributed by atoms with van der Waals surface area (Å²) >= 11 is 7.47. The number of nitrogens with zero attached hydrogens (tertiary/aromatic N) is 1. The van der Waals surface area contributed by atoms with E-state index in [0.29, 0.717) is 15.7 Å². The minimum absolute atomic E-state index is 0.143. The van der Waals surface area contributed by atoms with Gasteiger partial charge in [-0.25, -0.2) is 4.98 Å². The predicted molar refractivity (Wildman–Crippen MR) is 88.5 cm³/mol. The highest BCUT2D eigenvalue weighted by atomic mass is 35.5. The summed E-state index contributed by atoms with van der Waals surface area (Å²) < 4.78 is 0.972. The molecule has 0 aliphatic rings. The topological polar surface area (TPSA) is 42.0 Å². The lowest BCUT2D eigenvalue weighted by Gasteiger charge is -2.04. The number of carbonyl (C=O) groups is 1. The van der Waals surface area contributed by atoms with Crippen LogP contribution in [0.25, 0.3) is 10.2 Å². The fourth-order valence-electron chi connectivity index (χ4n) is 2.20. The number of fused-ring (bicyclic) bond motifs is 1. The number of halogens is 1. The summed E-state index contributed by atoms with van der Waals surface area (Å²) in [5.41, 5.74) is 3.48. The van der Waals surface area contributed by atoms with Crippen molar-refractivity contribution in [3.05, 3.63) is 58.1 Å². The highest BCUT2D eigenvalue weighted by Crippen LogP contribution is 2.31. The van der Waals surface area contributed by atoms with Crippen molar-refractivity contribution < 1.29 is 4.79 Å². The van der Waals surface area contributed by atoms with Gasteiger partial charge in [-0.05, 0) is 43.2 Å². The molecule has 0 aliphatic heterocycles. The van der Waals surface area contributed by atoms with E-state index in [2.05, 4.69) is 10.3 Å². The molecule has 106 valence electrons. The number of aryl methyl sites for hydroxylation is 2. The van der Waals surface area contributed by atoms with E-state index in [0.717, 1.165) is 21.3 Å². The lowest BCUT2D eigenvalue weighted by molar-refractivity contribution is 0.102. The summed E-state index contributed by atoms with van der Waals surface area (Å²) in [5, 5.41) is 4.13. The second kappa shape index (κ2) is 5.47. The van der Waals surface area contributed by atoms with Gasteiger partial charge in [-0.15, -0.1) is 0 Å². The SMILES string of the molecule is Cc1ccccc1C(=O)Nc1nc2c(C)cc(Cl)cc2s1. The van der Waals surface area contributed by atoms with Crippen LogP contribution in [0.1, 0.15) is 21.5 Å². The van der Waals surface area contributed by atoms with Crippen molar-refractivity contribution in [1.29, 1.82) is 0 Å². The van der Waals surface area contributed by atoms with E-state index in [1.54, 1.807) is 6.07 Å². The molecular weight excluding hydrogens is 304 g/mol. The molecule has 1 amide bonds. The molecule has 1 heterocycles. The van der Waals surface area contributed by atoms with Crippen LogP contribution in [0.5, 0.6) is 0 Å². The van der Waals surface area contributed by atoms with Gasteiger partial charge in [-0.3, -0.25) is 10.1 Å². The molecular formula is C16H13ClN2OS. The van der Waals surface area contributed by atoms with Crippen LogP contribution in [0, 0.1) is 13.8 Å². The largest absolute Gasteiger partial charge is 0.298 e. The zero-order valence-electron chi connectivity index (χ0n) is 11.6. The molecule has 0 saturated heterocycles. The summed E-state index contributed by atoms with van der Waals surface area (Å²) in [4.78, 5) is 16.8. The van der Waals surface area contributed by atoms with Gasteiger partial charge in [-0.2, -0.15) is 0 Å². The summed E-state index contributed by atoms with van der Waals surface area (Å²) in [6, 6.07) is 11.2. The summed E-state index contributed by atoms with van der Waals surface area (Å²) in [7, 11) is 0. The third-order valence-corrected chi connectivity index (χ3v) is 4.40. The fourth-order valence-corrected chi connectivity index (χ4v) is 3.52. The second-order valence-electron chi connectivity index (χ2n) is 4.86. The molecule has 2 aromatic carbocycles. The second-order valence-corrected chi connectivity index (χ2v) is 6.32. The molecule has 5 heteroatoms. The van der Waals surface area contributed by atoms with E-state index in [9.17, 15) is 4.79 Å². The maximum Gasteiger partial charge on any atom is 0.257 e. The van der Waals surface area contributed by atoms with Gasteiger partial charge in [0.25, 0.3) is 5.91 Å². The average molecular weight is 317 g/mol. The summed E-state index contributed by atoms with van der Waals surface area (Å²) in [6.45, 7) is 3.87. The zero-order valence-corrected chi connectivity index (χ0v) is 13.2. The number of hydrogen-bond acceptors (Lipinski definition) is 3. The van der Waals surface area contributed by atoms with Gasteiger partial charge in [0.1, 0.15) is 0 Å². The molecule has 0 bridgehead atoms. The first-order valence-corrected chi connectivity index (χ1v) is 7.68. The normalized spacial score (nSPS) is 10.8. The van der Waals surface area contributed by atoms with Crippen molar-refractivity contribution in [2.24, 2.45) is 0 Å². The van der Waals surface area contributed by atoms with Gasteiger partial charge in [0.05, 0.1) is 10.2 Å². The van der Waals surface area contributed by atoms with Crippen LogP contribution >= 0.6 is 22.9 Å². The van der Waals surface area contributed by atoms with E-state index in [1.807, 2.05) is 44.2 Å². The minimum atomic E-state index is -0.143. The lowest BCUT2D eigenvalue weighted by Crippen LogP contribution is -2.12. The highest BCUT2D eigenvalue weighted by Gasteiger charge is 2.12. The number of aromatic nitrogens is 1. The van der Waals surface area contributed by atoms with E-state index < -0.39 is 0 Å². The maximum absolute atomic E-state index is 12.3. The van der Waals surface area contributed by atoms with Gasteiger partial charge >= 0.3 is 0 Å². The molecule has 21 heavy (non-hydrogen) atoms. The van der Waals surface area contributed by atoms with E-state index in [1.165, 1.54) is 11.3 Å². The van der Waals surface area contributed by atoms with Crippen molar-refractivity contribution in [1.82, 2.24) is 4.98 Å². The van der Waals surface area contributed by atoms with Crippen molar-refractivity contribution in [2.45, 2.75) is 13.8 Å². The highest BCUT2D eigenvalue weighted by molar-refractivity contribution is 7.22. The number of carbonyl (C=O) groups excluding carboxylic acids is 1. The van der Waals surface area contributed by atoms with Gasteiger partial charge in [0.15, 0.2) is 5.13 Å². The number of hydrogen-bond donors (Lipinski definition) is 1. The van der Waals surface area contributed by atoms with Gasteiger partial charge in [0.2, 0.25) is 0 Å². The number of benzene rings is 2. The van der Waals surface area contributed by atoms with Gasteiger partial charge in [-0.1, -0.05) is 41.1 Å². The third kappa shape index (κ3) is 2.77. The van der Waals surface area contributed by atoms with Crippen LogP contribution in [0.3, 0.4) is 0 Å². The monoisotopic (exact) mass is 316 g/mol.